The predicted octanol–water partition coefficient (Wildman–Crippen LogP) is 3.28. The number of likely N-dealkylation sites (N-methyl/N-ethyl adjacent to an activating group) is 1. The van der Waals surface area contributed by atoms with Crippen molar-refractivity contribution in [3.05, 3.63) is 52.1 Å². The van der Waals surface area contributed by atoms with Gasteiger partial charge in [-0.25, -0.2) is 9.97 Å². The minimum Gasteiger partial charge on any atom is -0.350 e. The first-order valence-corrected chi connectivity index (χ1v) is 12.1. The van der Waals surface area contributed by atoms with Crippen molar-refractivity contribution in [3.8, 4) is 0 Å². The molecule has 35 heavy (non-hydrogen) atoms. The summed E-state index contributed by atoms with van der Waals surface area (Å²) in [5.41, 5.74) is 0.0176. The van der Waals surface area contributed by atoms with E-state index in [1.54, 1.807) is 30.8 Å². The highest BCUT2D eigenvalue weighted by Crippen LogP contribution is 2.35. The number of halogens is 3. The van der Waals surface area contributed by atoms with Crippen molar-refractivity contribution in [2.45, 2.75) is 44.6 Å². The van der Waals surface area contributed by atoms with Crippen LogP contribution in [-0.4, -0.2) is 58.6 Å². The van der Waals surface area contributed by atoms with Crippen molar-refractivity contribution in [1.29, 1.82) is 0 Å². The Morgan fingerprint density at radius 3 is 2.63 bits per heavy atom. The summed E-state index contributed by atoms with van der Waals surface area (Å²) >= 11 is 0.909. The smallest absolute Gasteiger partial charge is 0.350 e. The molecule has 12 heteroatoms. The van der Waals surface area contributed by atoms with E-state index in [9.17, 15) is 22.8 Å². The average Bonchev–Trinajstić information content (AvgIpc) is 3.44. The standard InChI is InChI=1S/C23H27F3N6O2S/c1-14(13-30(2)3)32-20(34)17-19(29-21(32)23(24,25)26)35-22(28-17)31-11-7-10-16(31)18(33)27-12-15-8-5-4-6-9-15/h4-6,8-9,14,16H,7,10-13H2,1-3H3,(H,27,33)/t14-,16+/m0/s1. The molecule has 0 saturated carbocycles. The van der Waals surface area contributed by atoms with Gasteiger partial charge < -0.3 is 15.1 Å². The molecule has 1 aliphatic heterocycles. The molecule has 1 amide bonds. The van der Waals surface area contributed by atoms with E-state index in [-0.39, 0.29) is 22.8 Å². The molecule has 1 fully saturated rings. The molecule has 1 N–H and O–H groups in total. The summed E-state index contributed by atoms with van der Waals surface area (Å²) < 4.78 is 42.2. The number of amides is 1. The summed E-state index contributed by atoms with van der Waals surface area (Å²) in [6, 6.07) is 8.21. The van der Waals surface area contributed by atoms with Crippen LogP contribution in [-0.2, 0) is 17.5 Å². The zero-order valence-corrected chi connectivity index (χ0v) is 20.5. The molecule has 2 aromatic heterocycles. The van der Waals surface area contributed by atoms with Gasteiger partial charge in [0.1, 0.15) is 6.04 Å². The Bertz CT molecular complexity index is 1260. The molecule has 8 nitrogen and oxygen atoms in total. The molecular weight excluding hydrogens is 481 g/mol. The molecule has 0 aliphatic carbocycles. The molecule has 1 saturated heterocycles. The first kappa shape index (κ1) is 25.1. The van der Waals surface area contributed by atoms with E-state index in [0.29, 0.717) is 29.2 Å². The zero-order valence-electron chi connectivity index (χ0n) is 19.7. The summed E-state index contributed by atoms with van der Waals surface area (Å²) in [5, 5.41) is 3.25. The molecule has 2 atom stereocenters. The Kier molecular flexibility index (Phi) is 7.13. The molecule has 3 aromatic rings. The van der Waals surface area contributed by atoms with Gasteiger partial charge in [0, 0.05) is 25.7 Å². The number of nitrogens with one attached hydrogen (secondary N) is 1. The fourth-order valence-electron chi connectivity index (χ4n) is 4.39. The van der Waals surface area contributed by atoms with Crippen molar-refractivity contribution < 1.29 is 18.0 Å². The highest BCUT2D eigenvalue weighted by Gasteiger charge is 2.40. The molecule has 1 aliphatic rings. The Balaban J connectivity index is 1.66. The number of aromatic nitrogens is 3. The van der Waals surface area contributed by atoms with Crippen molar-refractivity contribution in [2.75, 3.05) is 32.1 Å². The number of rotatable bonds is 7. The largest absolute Gasteiger partial charge is 0.449 e. The summed E-state index contributed by atoms with van der Waals surface area (Å²) in [5.74, 6) is -1.43. The number of carbonyl (C=O) groups excluding carboxylic acids is 1. The lowest BCUT2D eigenvalue weighted by atomic mass is 10.2. The van der Waals surface area contributed by atoms with Crippen LogP contribution in [0.3, 0.4) is 0 Å². The maximum absolute atomic E-state index is 13.8. The van der Waals surface area contributed by atoms with Crippen LogP contribution in [0, 0.1) is 0 Å². The zero-order chi connectivity index (χ0) is 25.3. The molecular formula is C23H27F3N6O2S. The van der Waals surface area contributed by atoms with Gasteiger partial charge >= 0.3 is 6.18 Å². The number of hydrogen-bond acceptors (Lipinski definition) is 7. The number of thiazole rings is 1. The van der Waals surface area contributed by atoms with Crippen LogP contribution in [0.1, 0.15) is 37.2 Å². The number of fused-ring (bicyclic) bond motifs is 1. The summed E-state index contributed by atoms with van der Waals surface area (Å²) in [6.45, 7) is 2.66. The van der Waals surface area contributed by atoms with Gasteiger partial charge in [0.2, 0.25) is 11.7 Å². The Morgan fingerprint density at radius 1 is 1.26 bits per heavy atom. The van der Waals surface area contributed by atoms with E-state index in [2.05, 4.69) is 15.3 Å². The van der Waals surface area contributed by atoms with Crippen LogP contribution < -0.4 is 15.8 Å². The Labute approximate surface area is 204 Å². The van der Waals surface area contributed by atoms with E-state index in [4.69, 9.17) is 0 Å². The van der Waals surface area contributed by atoms with Crippen LogP contribution in [0.15, 0.2) is 35.1 Å². The highest BCUT2D eigenvalue weighted by atomic mass is 32.1. The highest BCUT2D eigenvalue weighted by molar-refractivity contribution is 7.21. The maximum atomic E-state index is 13.8. The summed E-state index contributed by atoms with van der Waals surface area (Å²) in [7, 11) is 3.44. The van der Waals surface area contributed by atoms with E-state index < -0.39 is 29.6 Å². The van der Waals surface area contributed by atoms with Crippen molar-refractivity contribution >= 4 is 32.7 Å². The second-order valence-corrected chi connectivity index (χ2v) is 9.88. The number of alkyl halides is 3. The monoisotopic (exact) mass is 508 g/mol. The van der Waals surface area contributed by atoms with Crippen molar-refractivity contribution in [3.63, 3.8) is 0 Å². The maximum Gasteiger partial charge on any atom is 0.449 e. The van der Waals surface area contributed by atoms with E-state index in [0.717, 1.165) is 23.3 Å². The third kappa shape index (κ3) is 5.32. The summed E-state index contributed by atoms with van der Waals surface area (Å²) in [4.78, 5) is 37.7. The Hall–Kier alpha value is -2.99. The van der Waals surface area contributed by atoms with Gasteiger partial charge in [-0.1, -0.05) is 41.7 Å². The molecule has 1 aromatic carbocycles. The average molecular weight is 509 g/mol. The molecule has 188 valence electrons. The van der Waals surface area contributed by atoms with Crippen LogP contribution >= 0.6 is 11.3 Å². The normalized spacial score (nSPS) is 17.3. The lowest BCUT2D eigenvalue weighted by Gasteiger charge is -2.23. The van der Waals surface area contributed by atoms with Gasteiger partial charge in [-0.2, -0.15) is 13.2 Å². The second-order valence-electron chi connectivity index (χ2n) is 8.92. The fraction of sp³-hybridized carbons (Fsp3) is 0.478. The number of benzene rings is 1. The SMILES string of the molecule is C[C@@H](CN(C)C)n1c(C(F)(F)F)nc2sc(N3CCC[C@@H]3C(=O)NCc3ccccc3)nc2c1=O. The van der Waals surface area contributed by atoms with Gasteiger partial charge in [0.25, 0.3) is 5.56 Å². The number of nitrogens with zero attached hydrogens (tertiary/aromatic N) is 5. The van der Waals surface area contributed by atoms with E-state index >= 15 is 0 Å². The third-order valence-electron chi connectivity index (χ3n) is 5.89. The number of carbonyl (C=O) groups is 1. The van der Waals surface area contributed by atoms with Gasteiger partial charge in [0.05, 0.1) is 0 Å². The molecule has 0 spiro atoms. The Morgan fingerprint density at radius 2 is 1.97 bits per heavy atom. The predicted molar refractivity (Wildman–Crippen MR) is 129 cm³/mol. The molecule has 0 unspecified atom stereocenters. The molecule has 0 bridgehead atoms. The minimum absolute atomic E-state index is 0.0824. The third-order valence-corrected chi connectivity index (χ3v) is 6.88. The molecule has 0 radical (unpaired) electrons. The van der Waals surface area contributed by atoms with Crippen LogP contribution in [0.25, 0.3) is 10.3 Å². The van der Waals surface area contributed by atoms with Gasteiger partial charge in [-0.3, -0.25) is 14.2 Å². The van der Waals surface area contributed by atoms with Crippen molar-refractivity contribution in [1.82, 2.24) is 24.8 Å². The van der Waals surface area contributed by atoms with Gasteiger partial charge in [-0.05, 0) is 39.4 Å². The topological polar surface area (TPSA) is 83.4 Å². The van der Waals surface area contributed by atoms with Crippen LogP contribution in [0.2, 0.25) is 0 Å². The number of hydrogen-bond donors (Lipinski definition) is 1. The lowest BCUT2D eigenvalue weighted by molar-refractivity contribution is -0.148. The minimum atomic E-state index is -4.80. The van der Waals surface area contributed by atoms with Gasteiger partial charge in [-0.15, -0.1) is 0 Å². The van der Waals surface area contributed by atoms with Gasteiger partial charge in [0.15, 0.2) is 15.5 Å². The van der Waals surface area contributed by atoms with Crippen molar-refractivity contribution in [2.24, 2.45) is 0 Å². The van der Waals surface area contributed by atoms with Crippen LogP contribution in [0.5, 0.6) is 0 Å². The fourth-order valence-corrected chi connectivity index (χ4v) is 5.40. The van der Waals surface area contributed by atoms with Crippen LogP contribution in [0.4, 0.5) is 18.3 Å². The van der Waals surface area contributed by atoms with E-state index in [1.165, 1.54) is 0 Å². The lowest BCUT2D eigenvalue weighted by Crippen LogP contribution is -2.43. The van der Waals surface area contributed by atoms with E-state index in [1.807, 2.05) is 30.3 Å². The summed E-state index contributed by atoms with van der Waals surface area (Å²) in [6.07, 6.45) is -3.49. The first-order chi connectivity index (χ1) is 16.6. The number of anilines is 1. The second kappa shape index (κ2) is 9.94. The first-order valence-electron chi connectivity index (χ1n) is 11.3. The molecule has 3 heterocycles. The molecule has 4 rings (SSSR count). The quantitative estimate of drug-likeness (QED) is 0.528.